The third kappa shape index (κ3) is 3.71. The van der Waals surface area contributed by atoms with Crippen molar-refractivity contribution in [3.8, 4) is 0 Å². The van der Waals surface area contributed by atoms with E-state index < -0.39 is 0 Å². The summed E-state index contributed by atoms with van der Waals surface area (Å²) in [5, 5.41) is 0. The fraction of sp³-hybridized carbons (Fsp3) is 0.333. The van der Waals surface area contributed by atoms with Gasteiger partial charge in [0, 0.05) is 45.1 Å². The first-order chi connectivity index (χ1) is 10.8. The topological polar surface area (TPSA) is 36.4 Å². The summed E-state index contributed by atoms with van der Waals surface area (Å²) in [6.07, 6.45) is 4.40. The van der Waals surface area contributed by atoms with Crippen LogP contribution < -0.4 is 0 Å². The van der Waals surface area contributed by atoms with Gasteiger partial charge in [-0.1, -0.05) is 30.3 Å². The SMILES string of the molecule is O=C(c1cccnc1)N1CCN(CCc2ccccc2)CC1. The molecule has 0 aliphatic carbocycles. The molecule has 0 atom stereocenters. The van der Waals surface area contributed by atoms with Crippen LogP contribution in [0.5, 0.6) is 0 Å². The highest BCUT2D eigenvalue weighted by Gasteiger charge is 2.21. The molecule has 1 aliphatic heterocycles. The fourth-order valence-electron chi connectivity index (χ4n) is 2.78. The highest BCUT2D eigenvalue weighted by Crippen LogP contribution is 2.09. The van der Waals surface area contributed by atoms with Gasteiger partial charge in [0.2, 0.25) is 0 Å². The second-order valence-corrected chi connectivity index (χ2v) is 5.61. The zero-order valence-electron chi connectivity index (χ0n) is 12.7. The zero-order chi connectivity index (χ0) is 15.2. The van der Waals surface area contributed by atoms with Crippen molar-refractivity contribution in [2.45, 2.75) is 6.42 Å². The smallest absolute Gasteiger partial charge is 0.255 e. The van der Waals surface area contributed by atoms with Gasteiger partial charge in [-0.05, 0) is 24.1 Å². The van der Waals surface area contributed by atoms with E-state index in [4.69, 9.17) is 0 Å². The Morgan fingerprint density at radius 1 is 1.00 bits per heavy atom. The van der Waals surface area contributed by atoms with Gasteiger partial charge in [0.15, 0.2) is 0 Å². The monoisotopic (exact) mass is 295 g/mol. The van der Waals surface area contributed by atoms with E-state index in [1.165, 1.54) is 5.56 Å². The summed E-state index contributed by atoms with van der Waals surface area (Å²) in [6, 6.07) is 14.2. The van der Waals surface area contributed by atoms with E-state index in [9.17, 15) is 4.79 Å². The number of carbonyl (C=O) groups excluding carboxylic acids is 1. The van der Waals surface area contributed by atoms with E-state index in [0.29, 0.717) is 5.56 Å². The first kappa shape index (κ1) is 14.7. The molecule has 4 heteroatoms. The first-order valence-electron chi connectivity index (χ1n) is 7.78. The lowest BCUT2D eigenvalue weighted by molar-refractivity contribution is 0.0638. The molecule has 0 unspecified atom stereocenters. The van der Waals surface area contributed by atoms with Gasteiger partial charge in [0.05, 0.1) is 5.56 Å². The number of rotatable bonds is 4. The Kier molecular flexibility index (Phi) is 4.81. The Morgan fingerprint density at radius 3 is 2.45 bits per heavy atom. The molecule has 1 saturated heterocycles. The highest BCUT2D eigenvalue weighted by molar-refractivity contribution is 5.93. The molecule has 1 fully saturated rings. The maximum absolute atomic E-state index is 12.4. The Morgan fingerprint density at radius 2 is 1.77 bits per heavy atom. The number of benzene rings is 1. The van der Waals surface area contributed by atoms with Crippen molar-refractivity contribution in [3.05, 3.63) is 66.0 Å². The Labute approximate surface area is 131 Å². The molecule has 4 nitrogen and oxygen atoms in total. The molecule has 0 radical (unpaired) electrons. The van der Waals surface area contributed by atoms with Gasteiger partial charge in [0.1, 0.15) is 0 Å². The minimum atomic E-state index is 0.0933. The second kappa shape index (κ2) is 7.18. The average molecular weight is 295 g/mol. The number of nitrogens with zero attached hydrogens (tertiary/aromatic N) is 3. The third-order valence-electron chi connectivity index (χ3n) is 4.13. The van der Waals surface area contributed by atoms with E-state index >= 15 is 0 Å². The summed E-state index contributed by atoms with van der Waals surface area (Å²) >= 11 is 0. The second-order valence-electron chi connectivity index (χ2n) is 5.61. The molecular formula is C18H21N3O. The van der Waals surface area contributed by atoms with Crippen LogP contribution in [0.25, 0.3) is 0 Å². The van der Waals surface area contributed by atoms with Gasteiger partial charge in [-0.2, -0.15) is 0 Å². The molecule has 0 saturated carbocycles. The van der Waals surface area contributed by atoms with Crippen molar-refractivity contribution in [3.63, 3.8) is 0 Å². The van der Waals surface area contributed by atoms with E-state index in [1.54, 1.807) is 12.4 Å². The summed E-state index contributed by atoms with van der Waals surface area (Å²) in [5.41, 5.74) is 2.05. The van der Waals surface area contributed by atoms with Crippen LogP contribution in [0.4, 0.5) is 0 Å². The number of hydrogen-bond donors (Lipinski definition) is 0. The lowest BCUT2D eigenvalue weighted by Crippen LogP contribution is -2.49. The first-order valence-corrected chi connectivity index (χ1v) is 7.78. The van der Waals surface area contributed by atoms with Crippen molar-refractivity contribution in [2.75, 3.05) is 32.7 Å². The van der Waals surface area contributed by atoms with Crippen molar-refractivity contribution in [1.29, 1.82) is 0 Å². The van der Waals surface area contributed by atoms with Crippen LogP contribution in [0, 0.1) is 0 Å². The minimum Gasteiger partial charge on any atom is -0.336 e. The summed E-state index contributed by atoms with van der Waals surface area (Å²) in [5.74, 6) is 0.0933. The van der Waals surface area contributed by atoms with Crippen LogP contribution in [0.15, 0.2) is 54.9 Å². The number of aromatic nitrogens is 1. The molecular weight excluding hydrogens is 274 g/mol. The van der Waals surface area contributed by atoms with Crippen LogP contribution in [-0.4, -0.2) is 53.4 Å². The molecule has 1 aromatic carbocycles. The molecule has 0 bridgehead atoms. The highest BCUT2D eigenvalue weighted by atomic mass is 16.2. The van der Waals surface area contributed by atoms with Gasteiger partial charge < -0.3 is 4.90 Å². The maximum atomic E-state index is 12.4. The number of amides is 1. The fourth-order valence-corrected chi connectivity index (χ4v) is 2.78. The van der Waals surface area contributed by atoms with E-state index in [1.807, 2.05) is 23.1 Å². The third-order valence-corrected chi connectivity index (χ3v) is 4.13. The lowest BCUT2D eigenvalue weighted by atomic mass is 10.1. The van der Waals surface area contributed by atoms with Crippen molar-refractivity contribution < 1.29 is 4.79 Å². The van der Waals surface area contributed by atoms with Gasteiger partial charge in [0.25, 0.3) is 5.91 Å². The number of carbonyl (C=O) groups is 1. The molecule has 2 aromatic rings. The Hall–Kier alpha value is -2.20. The van der Waals surface area contributed by atoms with Crippen LogP contribution in [-0.2, 0) is 6.42 Å². The summed E-state index contributed by atoms with van der Waals surface area (Å²) < 4.78 is 0. The largest absolute Gasteiger partial charge is 0.336 e. The summed E-state index contributed by atoms with van der Waals surface area (Å²) in [4.78, 5) is 20.7. The van der Waals surface area contributed by atoms with Crippen molar-refractivity contribution >= 4 is 5.91 Å². The number of piperazine rings is 1. The van der Waals surface area contributed by atoms with E-state index in [-0.39, 0.29) is 5.91 Å². The average Bonchev–Trinajstić information content (AvgIpc) is 2.61. The predicted octanol–water partition coefficient (Wildman–Crippen LogP) is 2.08. The van der Waals surface area contributed by atoms with Crippen LogP contribution >= 0.6 is 0 Å². The van der Waals surface area contributed by atoms with E-state index in [0.717, 1.165) is 39.1 Å². The van der Waals surface area contributed by atoms with E-state index in [2.05, 4.69) is 34.1 Å². The van der Waals surface area contributed by atoms with Crippen LogP contribution in [0.3, 0.4) is 0 Å². The van der Waals surface area contributed by atoms with Gasteiger partial charge in [-0.25, -0.2) is 0 Å². The quantitative estimate of drug-likeness (QED) is 0.866. The van der Waals surface area contributed by atoms with Crippen molar-refractivity contribution in [2.24, 2.45) is 0 Å². The zero-order valence-corrected chi connectivity index (χ0v) is 12.7. The molecule has 2 heterocycles. The lowest BCUT2D eigenvalue weighted by Gasteiger charge is -2.34. The minimum absolute atomic E-state index is 0.0933. The van der Waals surface area contributed by atoms with Gasteiger partial charge in [-0.15, -0.1) is 0 Å². The van der Waals surface area contributed by atoms with Crippen molar-refractivity contribution in [1.82, 2.24) is 14.8 Å². The Bertz CT molecular complexity index is 592. The molecule has 3 rings (SSSR count). The molecule has 0 N–H and O–H groups in total. The van der Waals surface area contributed by atoms with Gasteiger partial charge >= 0.3 is 0 Å². The van der Waals surface area contributed by atoms with Crippen LogP contribution in [0.2, 0.25) is 0 Å². The molecule has 22 heavy (non-hydrogen) atoms. The predicted molar refractivity (Wildman–Crippen MR) is 86.7 cm³/mol. The van der Waals surface area contributed by atoms with Gasteiger partial charge in [-0.3, -0.25) is 14.7 Å². The molecule has 1 amide bonds. The summed E-state index contributed by atoms with van der Waals surface area (Å²) in [6.45, 7) is 4.53. The Balaban J connectivity index is 1.47. The maximum Gasteiger partial charge on any atom is 0.255 e. The summed E-state index contributed by atoms with van der Waals surface area (Å²) in [7, 11) is 0. The van der Waals surface area contributed by atoms with Crippen LogP contribution in [0.1, 0.15) is 15.9 Å². The standard InChI is InChI=1S/C18H21N3O/c22-18(17-7-4-9-19-15-17)21-13-11-20(12-14-21)10-8-16-5-2-1-3-6-16/h1-7,9,15H,8,10-14H2. The number of pyridine rings is 1. The molecule has 0 spiro atoms. The molecule has 1 aliphatic rings. The molecule has 114 valence electrons. The molecule has 1 aromatic heterocycles. The number of hydrogen-bond acceptors (Lipinski definition) is 3. The normalized spacial score (nSPS) is 15.7.